The number of rotatable bonds is 0. The summed E-state index contributed by atoms with van der Waals surface area (Å²) in [6.45, 7) is 0. The lowest BCUT2D eigenvalue weighted by Crippen LogP contribution is -2.15. The number of hydrogen-bond donors (Lipinski definition) is 0. The zero-order valence-corrected chi connectivity index (χ0v) is 9.00. The van der Waals surface area contributed by atoms with Crippen LogP contribution in [0, 0.1) is 0 Å². The molecule has 1 aliphatic carbocycles. The minimum absolute atomic E-state index is 0.228. The molecule has 0 radical (unpaired) electrons. The highest BCUT2D eigenvalue weighted by molar-refractivity contribution is 9.12. The molecule has 0 bridgehead atoms. The van der Waals surface area contributed by atoms with Gasteiger partial charge in [-0.2, -0.15) is 13.2 Å². The van der Waals surface area contributed by atoms with E-state index in [9.17, 15) is 13.2 Å². The van der Waals surface area contributed by atoms with Crippen LogP contribution < -0.4 is 0 Å². The lowest BCUT2D eigenvalue weighted by Gasteiger charge is -2.16. The van der Waals surface area contributed by atoms with Gasteiger partial charge in [-0.3, -0.25) is 0 Å². The molecule has 1 atom stereocenters. The van der Waals surface area contributed by atoms with Crippen molar-refractivity contribution in [2.75, 3.05) is 0 Å². The molecule has 0 aromatic heterocycles. The molecule has 1 aliphatic rings. The molecular weight excluding hydrogens is 301 g/mol. The van der Waals surface area contributed by atoms with Gasteiger partial charge in [0.1, 0.15) is 0 Å². The molecule has 68 valence electrons. The Morgan fingerprint density at radius 1 is 1.42 bits per heavy atom. The number of alkyl halides is 4. The van der Waals surface area contributed by atoms with Crippen molar-refractivity contribution in [1.29, 1.82) is 0 Å². The molecule has 1 unspecified atom stereocenters. The molecule has 0 saturated heterocycles. The Kier molecular flexibility index (Phi) is 3.04. The highest BCUT2D eigenvalue weighted by atomic mass is 79.9. The zero-order chi connectivity index (χ0) is 9.35. The van der Waals surface area contributed by atoms with E-state index in [1.165, 1.54) is 6.08 Å². The Morgan fingerprint density at radius 3 is 2.42 bits per heavy atom. The molecule has 0 fully saturated rings. The molecule has 0 nitrogen and oxygen atoms in total. The summed E-state index contributed by atoms with van der Waals surface area (Å²) in [6, 6.07) is 0. The fourth-order valence-electron chi connectivity index (χ4n) is 0.892. The molecule has 0 aromatic carbocycles. The molecule has 12 heavy (non-hydrogen) atoms. The van der Waals surface area contributed by atoms with Crippen molar-refractivity contribution in [2.24, 2.45) is 0 Å². The van der Waals surface area contributed by atoms with Crippen LogP contribution in [0.3, 0.4) is 0 Å². The Labute approximate surface area is 84.8 Å². The fourth-order valence-corrected chi connectivity index (χ4v) is 2.56. The molecule has 0 amide bonds. The van der Waals surface area contributed by atoms with E-state index in [-0.39, 0.29) is 4.83 Å². The third kappa shape index (κ3) is 2.62. The molecule has 0 N–H and O–H groups in total. The first-order valence-electron chi connectivity index (χ1n) is 3.19. The minimum atomic E-state index is -4.24. The van der Waals surface area contributed by atoms with Gasteiger partial charge in [0.25, 0.3) is 0 Å². The van der Waals surface area contributed by atoms with E-state index < -0.39 is 11.7 Å². The fraction of sp³-hybridized carbons (Fsp3) is 0.429. The van der Waals surface area contributed by atoms with Crippen LogP contribution in [0.25, 0.3) is 0 Å². The minimum Gasteiger partial charge on any atom is -0.166 e. The van der Waals surface area contributed by atoms with Gasteiger partial charge in [-0.25, -0.2) is 0 Å². The Hall–Kier alpha value is 0.230. The second-order valence-electron chi connectivity index (χ2n) is 2.43. The van der Waals surface area contributed by atoms with E-state index in [0.29, 0.717) is 10.9 Å². The smallest absolute Gasteiger partial charge is 0.166 e. The third-order valence-corrected chi connectivity index (χ3v) is 2.53. The summed E-state index contributed by atoms with van der Waals surface area (Å²) in [5.74, 6) is 0. The first-order chi connectivity index (χ1) is 5.39. The molecule has 1 rings (SSSR count). The van der Waals surface area contributed by atoms with Crippen LogP contribution in [-0.4, -0.2) is 11.0 Å². The predicted octanol–water partition coefficient (Wildman–Crippen LogP) is 3.92. The molecule has 0 heterocycles. The Balaban J connectivity index is 2.91. The first kappa shape index (κ1) is 10.3. The van der Waals surface area contributed by atoms with Crippen LogP contribution in [0.5, 0.6) is 0 Å². The molecule has 5 heteroatoms. The summed E-state index contributed by atoms with van der Waals surface area (Å²) in [4.78, 5) is -0.228. The number of allylic oxidation sites excluding steroid dienone is 4. The van der Waals surface area contributed by atoms with Crippen LogP contribution in [0.1, 0.15) is 6.42 Å². The van der Waals surface area contributed by atoms with Gasteiger partial charge in [-0.1, -0.05) is 37.9 Å². The van der Waals surface area contributed by atoms with Gasteiger partial charge in [0, 0.05) is 4.83 Å². The van der Waals surface area contributed by atoms with Gasteiger partial charge in [0.05, 0.1) is 5.57 Å². The van der Waals surface area contributed by atoms with E-state index >= 15 is 0 Å². The van der Waals surface area contributed by atoms with E-state index in [2.05, 4.69) is 31.9 Å². The monoisotopic (exact) mass is 304 g/mol. The summed E-state index contributed by atoms with van der Waals surface area (Å²) < 4.78 is 37.0. The van der Waals surface area contributed by atoms with Crippen LogP contribution in [0.2, 0.25) is 0 Å². The lowest BCUT2D eigenvalue weighted by molar-refractivity contribution is -0.0885. The highest BCUT2D eigenvalue weighted by Crippen LogP contribution is 2.35. The summed E-state index contributed by atoms with van der Waals surface area (Å²) in [7, 11) is 0. The standard InChI is InChI=1S/C7H5Br2F3/c8-5-1-4(7(10,11)12)2-6(9)3-5/h1-2,5H,3H2. The highest BCUT2D eigenvalue weighted by Gasteiger charge is 2.34. The van der Waals surface area contributed by atoms with Crippen LogP contribution >= 0.6 is 31.9 Å². The molecule has 0 saturated carbocycles. The predicted molar refractivity (Wildman–Crippen MR) is 48.5 cm³/mol. The van der Waals surface area contributed by atoms with Gasteiger partial charge >= 0.3 is 6.18 Å². The first-order valence-corrected chi connectivity index (χ1v) is 4.89. The van der Waals surface area contributed by atoms with Crippen molar-refractivity contribution in [1.82, 2.24) is 0 Å². The van der Waals surface area contributed by atoms with E-state index in [1.54, 1.807) is 0 Å². The molecule has 0 spiro atoms. The number of hydrogen-bond acceptors (Lipinski definition) is 0. The summed E-state index contributed by atoms with van der Waals surface area (Å²) in [6.07, 6.45) is -1.40. The maximum atomic E-state index is 12.1. The van der Waals surface area contributed by atoms with Gasteiger partial charge in [0.15, 0.2) is 0 Å². The Bertz CT molecular complexity index is 240. The van der Waals surface area contributed by atoms with Gasteiger partial charge in [-0.15, -0.1) is 0 Å². The van der Waals surface area contributed by atoms with Gasteiger partial charge < -0.3 is 0 Å². The maximum absolute atomic E-state index is 12.1. The lowest BCUT2D eigenvalue weighted by atomic mass is 10.1. The van der Waals surface area contributed by atoms with Gasteiger partial charge in [0.2, 0.25) is 0 Å². The summed E-state index contributed by atoms with van der Waals surface area (Å²) in [5, 5.41) is 0. The van der Waals surface area contributed by atoms with Crippen molar-refractivity contribution in [3.8, 4) is 0 Å². The van der Waals surface area contributed by atoms with E-state index in [0.717, 1.165) is 6.08 Å². The second-order valence-corrected chi connectivity index (χ2v) is 4.63. The SMILES string of the molecule is FC(F)(F)C1=CC(Br)CC(Br)=C1. The normalized spacial score (nSPS) is 24.9. The van der Waals surface area contributed by atoms with Crippen molar-refractivity contribution < 1.29 is 13.2 Å². The Morgan fingerprint density at radius 2 is 2.00 bits per heavy atom. The maximum Gasteiger partial charge on any atom is 0.416 e. The van der Waals surface area contributed by atoms with E-state index in [1.807, 2.05) is 0 Å². The molecule has 0 aromatic rings. The van der Waals surface area contributed by atoms with E-state index in [4.69, 9.17) is 0 Å². The molecular formula is C7H5Br2F3. The third-order valence-electron chi connectivity index (χ3n) is 1.39. The van der Waals surface area contributed by atoms with Crippen molar-refractivity contribution in [3.63, 3.8) is 0 Å². The zero-order valence-electron chi connectivity index (χ0n) is 5.83. The van der Waals surface area contributed by atoms with Crippen LogP contribution in [0.4, 0.5) is 13.2 Å². The van der Waals surface area contributed by atoms with Crippen molar-refractivity contribution >= 4 is 31.9 Å². The van der Waals surface area contributed by atoms with Crippen LogP contribution in [0.15, 0.2) is 22.2 Å². The topological polar surface area (TPSA) is 0 Å². The average Bonchev–Trinajstić information content (AvgIpc) is 1.82. The number of halogens is 5. The van der Waals surface area contributed by atoms with Crippen molar-refractivity contribution in [3.05, 3.63) is 22.2 Å². The second kappa shape index (κ2) is 3.54. The summed E-state index contributed by atoms with van der Waals surface area (Å²) in [5.41, 5.74) is -0.595. The quantitative estimate of drug-likeness (QED) is 0.595. The average molecular weight is 306 g/mol. The van der Waals surface area contributed by atoms with Gasteiger partial charge in [-0.05, 0) is 17.0 Å². The van der Waals surface area contributed by atoms with Crippen LogP contribution in [-0.2, 0) is 0 Å². The van der Waals surface area contributed by atoms with Crippen molar-refractivity contribution in [2.45, 2.75) is 17.4 Å². The largest absolute Gasteiger partial charge is 0.416 e. The molecule has 0 aliphatic heterocycles. The summed E-state index contributed by atoms with van der Waals surface area (Å²) >= 11 is 6.17.